The Morgan fingerprint density at radius 1 is 0.964 bits per heavy atom. The topological polar surface area (TPSA) is 32.5 Å². The summed E-state index contributed by atoms with van der Waals surface area (Å²) in [6, 6.07) is 17.8. The minimum Gasteiger partial charge on any atom is -0.374 e. The van der Waals surface area contributed by atoms with Gasteiger partial charge in [-0.2, -0.15) is 0 Å². The van der Waals surface area contributed by atoms with Gasteiger partial charge in [-0.15, -0.1) is 6.58 Å². The molecule has 0 radical (unpaired) electrons. The minimum atomic E-state index is 0.794. The van der Waals surface area contributed by atoms with E-state index in [1.54, 1.807) is 6.08 Å². The maximum absolute atomic E-state index is 4.50. The van der Waals surface area contributed by atoms with E-state index in [0.29, 0.717) is 0 Å². The molecule has 0 aliphatic carbocycles. The SMILES string of the molecule is C=CC.CN.Cc1ccc(N(C)CC2CCN(c3ccc(C)cc3)CC2)cc1. The number of hydrogen-bond donors (Lipinski definition) is 1. The van der Waals surface area contributed by atoms with Crippen molar-refractivity contribution in [1.82, 2.24) is 0 Å². The second kappa shape index (κ2) is 13.0. The number of aryl methyl sites for hydroxylation is 2. The van der Waals surface area contributed by atoms with Crippen LogP contribution in [0.25, 0.3) is 0 Å². The molecule has 28 heavy (non-hydrogen) atoms. The summed E-state index contributed by atoms with van der Waals surface area (Å²) in [6.45, 7) is 13.1. The zero-order chi connectivity index (χ0) is 20.9. The van der Waals surface area contributed by atoms with Crippen LogP contribution in [0.1, 0.15) is 30.9 Å². The minimum absolute atomic E-state index is 0.794. The van der Waals surface area contributed by atoms with Gasteiger partial charge in [0.15, 0.2) is 0 Å². The summed E-state index contributed by atoms with van der Waals surface area (Å²) < 4.78 is 0. The standard InChI is InChI=1S/C21H28N2.C3H6.CH5N/c1-17-4-8-20(9-5-17)22(3)16-19-12-14-23(15-13-19)21-10-6-18(2)7-11-21;1-3-2;1-2/h4-11,19H,12-16H2,1-3H3;3H,1H2,2H3;2H2,1H3. The predicted molar refractivity (Wildman–Crippen MR) is 127 cm³/mol. The first-order valence-corrected chi connectivity index (χ1v) is 10.3. The van der Waals surface area contributed by atoms with Gasteiger partial charge in [0, 0.05) is 38.1 Å². The summed E-state index contributed by atoms with van der Waals surface area (Å²) in [5.41, 5.74) is 9.87. The van der Waals surface area contributed by atoms with Crippen molar-refractivity contribution in [3.8, 4) is 0 Å². The summed E-state index contributed by atoms with van der Waals surface area (Å²) in [6.07, 6.45) is 4.31. The number of rotatable bonds is 4. The third-order valence-corrected chi connectivity index (χ3v) is 5.02. The molecule has 3 heteroatoms. The maximum Gasteiger partial charge on any atom is 0.0366 e. The fourth-order valence-corrected chi connectivity index (χ4v) is 3.42. The molecule has 0 spiro atoms. The summed E-state index contributed by atoms with van der Waals surface area (Å²) in [5, 5.41) is 0. The second-order valence-electron chi connectivity index (χ2n) is 7.39. The van der Waals surface area contributed by atoms with Gasteiger partial charge >= 0.3 is 0 Å². The van der Waals surface area contributed by atoms with Crippen LogP contribution in [0.3, 0.4) is 0 Å². The van der Waals surface area contributed by atoms with Gasteiger partial charge in [-0.05, 0) is 70.8 Å². The first kappa shape index (κ1) is 23.8. The Morgan fingerprint density at radius 2 is 1.39 bits per heavy atom. The van der Waals surface area contributed by atoms with Crippen LogP contribution in [0.4, 0.5) is 11.4 Å². The lowest BCUT2D eigenvalue weighted by molar-refractivity contribution is 0.409. The van der Waals surface area contributed by atoms with E-state index < -0.39 is 0 Å². The van der Waals surface area contributed by atoms with Gasteiger partial charge < -0.3 is 15.5 Å². The van der Waals surface area contributed by atoms with Crippen LogP contribution in [-0.4, -0.2) is 33.7 Å². The van der Waals surface area contributed by atoms with Gasteiger partial charge in [-0.3, -0.25) is 0 Å². The van der Waals surface area contributed by atoms with Crippen molar-refractivity contribution in [2.24, 2.45) is 11.7 Å². The van der Waals surface area contributed by atoms with Gasteiger partial charge in [0.05, 0.1) is 0 Å². The van der Waals surface area contributed by atoms with Gasteiger partial charge in [0.2, 0.25) is 0 Å². The van der Waals surface area contributed by atoms with E-state index in [-0.39, 0.29) is 0 Å². The fourth-order valence-electron chi connectivity index (χ4n) is 3.42. The molecule has 1 fully saturated rings. The van der Waals surface area contributed by atoms with E-state index in [9.17, 15) is 0 Å². The van der Waals surface area contributed by atoms with Gasteiger partial charge in [0.1, 0.15) is 0 Å². The highest BCUT2D eigenvalue weighted by Crippen LogP contribution is 2.25. The van der Waals surface area contributed by atoms with Crippen molar-refractivity contribution in [2.45, 2.75) is 33.6 Å². The molecule has 0 unspecified atom stereocenters. The van der Waals surface area contributed by atoms with Gasteiger partial charge in [-0.25, -0.2) is 0 Å². The van der Waals surface area contributed by atoms with Crippen LogP contribution >= 0.6 is 0 Å². The first-order valence-electron chi connectivity index (χ1n) is 10.3. The van der Waals surface area contributed by atoms with Gasteiger partial charge in [0.25, 0.3) is 0 Å². The Morgan fingerprint density at radius 3 is 1.86 bits per heavy atom. The van der Waals surface area contributed by atoms with Crippen LogP contribution in [0, 0.1) is 19.8 Å². The quantitative estimate of drug-likeness (QED) is 0.717. The Hall–Kier alpha value is -2.26. The van der Waals surface area contributed by atoms with Crippen molar-refractivity contribution in [3.63, 3.8) is 0 Å². The van der Waals surface area contributed by atoms with Crippen LogP contribution in [0.2, 0.25) is 0 Å². The Balaban J connectivity index is 0.000000717. The third kappa shape index (κ3) is 7.77. The summed E-state index contributed by atoms with van der Waals surface area (Å²) in [7, 11) is 3.72. The summed E-state index contributed by atoms with van der Waals surface area (Å²) in [4.78, 5) is 4.94. The molecule has 0 saturated carbocycles. The van der Waals surface area contributed by atoms with Crippen LogP contribution in [-0.2, 0) is 0 Å². The molecule has 1 heterocycles. The molecule has 0 amide bonds. The molecule has 0 bridgehead atoms. The largest absolute Gasteiger partial charge is 0.374 e. The Labute approximate surface area is 172 Å². The zero-order valence-electron chi connectivity index (χ0n) is 18.5. The summed E-state index contributed by atoms with van der Waals surface area (Å²) in [5.74, 6) is 0.794. The lowest BCUT2D eigenvalue weighted by Crippen LogP contribution is -2.37. The van der Waals surface area contributed by atoms with E-state index in [1.165, 1.54) is 55.5 Å². The van der Waals surface area contributed by atoms with E-state index in [2.05, 4.69) is 91.5 Å². The highest BCUT2D eigenvalue weighted by molar-refractivity contribution is 5.48. The van der Waals surface area contributed by atoms with E-state index in [1.807, 2.05) is 6.92 Å². The van der Waals surface area contributed by atoms with Crippen molar-refractivity contribution in [3.05, 3.63) is 72.3 Å². The van der Waals surface area contributed by atoms with E-state index in [4.69, 9.17) is 0 Å². The highest BCUT2D eigenvalue weighted by Gasteiger charge is 2.20. The molecule has 1 aliphatic heterocycles. The fraction of sp³-hybridized carbons (Fsp3) is 0.440. The lowest BCUT2D eigenvalue weighted by Gasteiger charge is -2.35. The number of anilines is 2. The number of hydrogen-bond acceptors (Lipinski definition) is 3. The molecule has 0 atom stereocenters. The molecule has 2 N–H and O–H groups in total. The lowest BCUT2D eigenvalue weighted by atomic mass is 9.95. The Kier molecular flexibility index (Phi) is 11.0. The van der Waals surface area contributed by atoms with Crippen molar-refractivity contribution >= 4 is 11.4 Å². The predicted octanol–water partition coefficient (Wildman–Crippen LogP) is 5.42. The molecule has 3 rings (SSSR count). The number of piperidine rings is 1. The van der Waals surface area contributed by atoms with Crippen LogP contribution in [0.5, 0.6) is 0 Å². The molecule has 2 aromatic rings. The molecule has 1 saturated heterocycles. The second-order valence-corrected chi connectivity index (χ2v) is 7.39. The molecule has 154 valence electrons. The average molecular weight is 382 g/mol. The van der Waals surface area contributed by atoms with Crippen molar-refractivity contribution in [2.75, 3.05) is 43.5 Å². The number of nitrogens with zero attached hydrogens (tertiary/aromatic N) is 2. The average Bonchev–Trinajstić information content (AvgIpc) is 2.72. The highest BCUT2D eigenvalue weighted by atomic mass is 15.1. The van der Waals surface area contributed by atoms with Crippen LogP contribution < -0.4 is 15.5 Å². The van der Waals surface area contributed by atoms with Crippen molar-refractivity contribution < 1.29 is 0 Å². The number of benzene rings is 2. The Bertz CT molecular complexity index is 653. The molecular weight excluding hydrogens is 342 g/mol. The maximum atomic E-state index is 4.50. The zero-order valence-corrected chi connectivity index (χ0v) is 18.5. The number of nitrogens with two attached hydrogens (primary N) is 1. The molecule has 2 aromatic carbocycles. The summed E-state index contributed by atoms with van der Waals surface area (Å²) >= 11 is 0. The van der Waals surface area contributed by atoms with Gasteiger partial charge in [-0.1, -0.05) is 41.5 Å². The smallest absolute Gasteiger partial charge is 0.0366 e. The van der Waals surface area contributed by atoms with E-state index in [0.717, 1.165) is 12.5 Å². The molecule has 1 aliphatic rings. The monoisotopic (exact) mass is 381 g/mol. The van der Waals surface area contributed by atoms with Crippen molar-refractivity contribution in [1.29, 1.82) is 0 Å². The van der Waals surface area contributed by atoms with Crippen LogP contribution in [0.15, 0.2) is 61.2 Å². The molecule has 0 aromatic heterocycles. The third-order valence-electron chi connectivity index (χ3n) is 5.02. The number of allylic oxidation sites excluding steroid dienone is 1. The molecular formula is C25H39N3. The molecule has 3 nitrogen and oxygen atoms in total. The first-order chi connectivity index (χ1) is 13.5. The normalized spacial score (nSPS) is 13.6. The van der Waals surface area contributed by atoms with E-state index >= 15 is 0 Å².